The predicted octanol–water partition coefficient (Wildman–Crippen LogP) is -0.118. The molecule has 1 aromatic rings. The molecule has 1 aliphatic heterocycles. The number of hydrogen-bond acceptors (Lipinski definition) is 5. The highest BCUT2D eigenvalue weighted by Crippen LogP contribution is 2.23. The van der Waals surface area contributed by atoms with Gasteiger partial charge in [-0.2, -0.15) is 0 Å². The minimum absolute atomic E-state index is 0.293. The van der Waals surface area contributed by atoms with E-state index in [0.717, 1.165) is 32.7 Å². The average Bonchev–Trinajstić information content (AvgIpc) is 2.51. The van der Waals surface area contributed by atoms with Gasteiger partial charge in [-0.15, -0.1) is 0 Å². The Kier molecular flexibility index (Phi) is 6.00. The second kappa shape index (κ2) is 7.98. The van der Waals surface area contributed by atoms with Crippen molar-refractivity contribution in [3.63, 3.8) is 0 Å². The maximum absolute atomic E-state index is 11.8. The van der Waals surface area contributed by atoms with Crippen LogP contribution in [0.15, 0.2) is 18.2 Å². The van der Waals surface area contributed by atoms with Crippen LogP contribution in [-0.4, -0.2) is 56.0 Å². The van der Waals surface area contributed by atoms with Crippen molar-refractivity contribution in [2.24, 2.45) is 0 Å². The molecule has 1 heterocycles. The summed E-state index contributed by atoms with van der Waals surface area (Å²) in [4.78, 5) is 25.8. The summed E-state index contributed by atoms with van der Waals surface area (Å²) < 4.78 is 0. The minimum atomic E-state index is -0.744. The van der Waals surface area contributed by atoms with Gasteiger partial charge in [-0.1, -0.05) is 11.6 Å². The summed E-state index contributed by atoms with van der Waals surface area (Å²) in [5, 5.41) is 8.61. The summed E-state index contributed by atoms with van der Waals surface area (Å²) in [6.45, 7) is 4.95. The highest BCUT2D eigenvalue weighted by atomic mass is 35.5. The van der Waals surface area contributed by atoms with Crippen molar-refractivity contribution in [1.29, 1.82) is 0 Å². The van der Waals surface area contributed by atoms with Crippen LogP contribution >= 0.6 is 11.6 Å². The van der Waals surface area contributed by atoms with Gasteiger partial charge in [0.15, 0.2) is 0 Å². The largest absolute Gasteiger partial charge is 0.399 e. The number of nitrogens with zero attached hydrogens (tertiary/aromatic N) is 1. The van der Waals surface area contributed by atoms with E-state index in [1.165, 1.54) is 6.07 Å². The molecule has 0 bridgehead atoms. The summed E-state index contributed by atoms with van der Waals surface area (Å²) in [5.41, 5.74) is 6.42. The predicted molar refractivity (Wildman–Crippen MR) is 86.8 cm³/mol. The standard InChI is InChI=1S/C14H20ClN5O2/c15-11-9-10(16)1-2-12(11)19-14(22)13(21)18-5-8-20-6-3-17-4-7-20/h1-2,9,17H,3-8,16H2,(H,18,21)(H,19,22). The van der Waals surface area contributed by atoms with Crippen molar-refractivity contribution >= 4 is 34.8 Å². The lowest BCUT2D eigenvalue weighted by molar-refractivity contribution is -0.136. The van der Waals surface area contributed by atoms with Crippen LogP contribution in [0.25, 0.3) is 0 Å². The second-order valence-electron chi connectivity index (χ2n) is 5.04. The third kappa shape index (κ3) is 4.87. The second-order valence-corrected chi connectivity index (χ2v) is 5.45. The van der Waals surface area contributed by atoms with E-state index in [0.29, 0.717) is 22.9 Å². The lowest BCUT2D eigenvalue weighted by Crippen LogP contribution is -2.47. The Morgan fingerprint density at radius 3 is 2.68 bits per heavy atom. The van der Waals surface area contributed by atoms with Crippen molar-refractivity contribution in [1.82, 2.24) is 15.5 Å². The zero-order chi connectivity index (χ0) is 15.9. The highest BCUT2D eigenvalue weighted by molar-refractivity contribution is 6.41. The molecule has 0 spiro atoms. The third-order valence-electron chi connectivity index (χ3n) is 3.37. The van der Waals surface area contributed by atoms with Crippen LogP contribution < -0.4 is 21.7 Å². The Hall–Kier alpha value is -1.83. The van der Waals surface area contributed by atoms with Crippen LogP contribution in [0.4, 0.5) is 11.4 Å². The fourth-order valence-corrected chi connectivity index (χ4v) is 2.39. The Morgan fingerprint density at radius 2 is 2.00 bits per heavy atom. The lowest BCUT2D eigenvalue weighted by Gasteiger charge is -2.26. The van der Waals surface area contributed by atoms with Crippen LogP contribution in [0.5, 0.6) is 0 Å². The number of benzene rings is 1. The first kappa shape index (κ1) is 16.5. The lowest BCUT2D eigenvalue weighted by atomic mass is 10.3. The van der Waals surface area contributed by atoms with Gasteiger partial charge in [-0.3, -0.25) is 14.5 Å². The first-order chi connectivity index (χ1) is 10.6. The molecule has 2 rings (SSSR count). The fraction of sp³-hybridized carbons (Fsp3) is 0.429. The van der Waals surface area contributed by atoms with Gasteiger partial charge in [0, 0.05) is 45.0 Å². The number of nitrogens with one attached hydrogen (secondary N) is 3. The maximum atomic E-state index is 11.8. The molecule has 0 aromatic heterocycles. The van der Waals surface area contributed by atoms with Crippen molar-refractivity contribution in [2.45, 2.75) is 0 Å². The first-order valence-electron chi connectivity index (χ1n) is 7.13. The SMILES string of the molecule is Nc1ccc(NC(=O)C(=O)NCCN2CCNCC2)c(Cl)c1. The number of halogens is 1. The van der Waals surface area contributed by atoms with Gasteiger partial charge in [-0.05, 0) is 18.2 Å². The van der Waals surface area contributed by atoms with E-state index >= 15 is 0 Å². The zero-order valence-electron chi connectivity index (χ0n) is 12.2. The molecular weight excluding hydrogens is 306 g/mol. The van der Waals surface area contributed by atoms with Crippen LogP contribution in [0, 0.1) is 0 Å². The monoisotopic (exact) mass is 325 g/mol. The van der Waals surface area contributed by atoms with E-state index in [-0.39, 0.29) is 0 Å². The van der Waals surface area contributed by atoms with E-state index < -0.39 is 11.8 Å². The van der Waals surface area contributed by atoms with Gasteiger partial charge in [0.1, 0.15) is 0 Å². The van der Waals surface area contributed by atoms with Gasteiger partial charge in [-0.25, -0.2) is 0 Å². The Bertz CT molecular complexity index is 546. The number of anilines is 2. The molecule has 1 aliphatic rings. The molecule has 2 amide bonds. The normalized spacial score (nSPS) is 15.3. The fourth-order valence-electron chi connectivity index (χ4n) is 2.15. The summed E-state index contributed by atoms with van der Waals surface area (Å²) in [6, 6.07) is 4.67. The summed E-state index contributed by atoms with van der Waals surface area (Å²) in [7, 11) is 0. The topological polar surface area (TPSA) is 99.5 Å². The molecule has 1 aromatic carbocycles. The van der Waals surface area contributed by atoms with Crippen molar-refractivity contribution in [2.75, 3.05) is 50.3 Å². The number of carbonyl (C=O) groups is 2. The molecule has 8 heteroatoms. The third-order valence-corrected chi connectivity index (χ3v) is 3.68. The number of nitrogen functional groups attached to an aromatic ring is 1. The number of nitrogens with two attached hydrogens (primary N) is 1. The molecule has 0 aliphatic carbocycles. The molecule has 1 saturated heterocycles. The summed E-state index contributed by atoms with van der Waals surface area (Å²) >= 11 is 5.95. The highest BCUT2D eigenvalue weighted by Gasteiger charge is 2.15. The number of hydrogen-bond donors (Lipinski definition) is 4. The van der Waals surface area contributed by atoms with Gasteiger partial charge in [0.25, 0.3) is 0 Å². The van der Waals surface area contributed by atoms with Gasteiger partial charge >= 0.3 is 11.8 Å². The van der Waals surface area contributed by atoms with Crippen LogP contribution in [0.2, 0.25) is 5.02 Å². The molecule has 5 N–H and O–H groups in total. The molecule has 0 atom stereocenters. The number of rotatable bonds is 4. The summed E-state index contributed by atoms with van der Waals surface area (Å²) in [6.07, 6.45) is 0. The van der Waals surface area contributed by atoms with Gasteiger partial charge < -0.3 is 21.7 Å². The van der Waals surface area contributed by atoms with Crippen LogP contribution in [-0.2, 0) is 9.59 Å². The van der Waals surface area contributed by atoms with Crippen molar-refractivity contribution < 1.29 is 9.59 Å². The molecule has 1 fully saturated rings. The van der Waals surface area contributed by atoms with E-state index in [1.54, 1.807) is 12.1 Å². The Labute approximate surface area is 134 Å². The smallest absolute Gasteiger partial charge is 0.313 e. The Morgan fingerprint density at radius 1 is 1.27 bits per heavy atom. The maximum Gasteiger partial charge on any atom is 0.313 e. The molecule has 0 saturated carbocycles. The number of amides is 2. The van der Waals surface area contributed by atoms with Crippen molar-refractivity contribution in [3.8, 4) is 0 Å². The number of piperazine rings is 1. The first-order valence-corrected chi connectivity index (χ1v) is 7.51. The van der Waals surface area contributed by atoms with E-state index in [1.807, 2.05) is 0 Å². The van der Waals surface area contributed by atoms with Gasteiger partial charge in [0.2, 0.25) is 0 Å². The van der Waals surface area contributed by atoms with Crippen molar-refractivity contribution in [3.05, 3.63) is 23.2 Å². The molecular formula is C14H20ClN5O2. The summed E-state index contributed by atoms with van der Waals surface area (Å²) in [5.74, 6) is -1.42. The molecule has 22 heavy (non-hydrogen) atoms. The molecule has 120 valence electrons. The molecule has 0 radical (unpaired) electrons. The quantitative estimate of drug-likeness (QED) is 0.457. The number of carbonyl (C=O) groups excluding carboxylic acids is 2. The van der Waals surface area contributed by atoms with E-state index in [9.17, 15) is 9.59 Å². The van der Waals surface area contributed by atoms with Gasteiger partial charge in [0.05, 0.1) is 10.7 Å². The van der Waals surface area contributed by atoms with E-state index in [2.05, 4.69) is 20.9 Å². The van der Waals surface area contributed by atoms with E-state index in [4.69, 9.17) is 17.3 Å². The zero-order valence-corrected chi connectivity index (χ0v) is 12.9. The molecule has 0 unspecified atom stereocenters. The van der Waals surface area contributed by atoms with Crippen LogP contribution in [0.1, 0.15) is 0 Å². The Balaban J connectivity index is 1.75. The van der Waals surface area contributed by atoms with Crippen LogP contribution in [0.3, 0.4) is 0 Å². The average molecular weight is 326 g/mol. The molecule has 7 nitrogen and oxygen atoms in total. The minimum Gasteiger partial charge on any atom is -0.399 e.